The fraction of sp³-hybridized carbons (Fsp3) is 0.294. The van der Waals surface area contributed by atoms with Crippen LogP contribution >= 0.6 is 15.9 Å². The maximum Gasteiger partial charge on any atom is 0.0175 e. The number of nitrogens with one attached hydrogen (secondary N) is 1. The highest BCUT2D eigenvalue weighted by atomic mass is 79.9. The molecule has 0 unspecified atom stereocenters. The molecule has 0 radical (unpaired) electrons. The molecular weight excluding hydrogens is 298 g/mol. The van der Waals surface area contributed by atoms with E-state index in [-0.39, 0.29) is 0 Å². The molecule has 1 fully saturated rings. The Morgan fingerprint density at radius 2 is 1.42 bits per heavy atom. The lowest BCUT2D eigenvalue weighted by Crippen LogP contribution is -2.56. The summed E-state index contributed by atoms with van der Waals surface area (Å²) in [5.74, 6) is 0. The number of hydrogen-bond donors (Lipinski definition) is 1. The van der Waals surface area contributed by atoms with Gasteiger partial charge < -0.3 is 5.32 Å². The van der Waals surface area contributed by atoms with Crippen LogP contribution in [0.4, 0.5) is 0 Å². The molecule has 2 aromatic rings. The van der Waals surface area contributed by atoms with Gasteiger partial charge in [-0.05, 0) is 36.1 Å². The molecule has 0 aromatic heterocycles. The number of rotatable bonds is 4. The van der Waals surface area contributed by atoms with E-state index in [1.54, 1.807) is 0 Å². The van der Waals surface area contributed by atoms with Gasteiger partial charge in [-0.1, -0.05) is 58.4 Å². The molecule has 2 heteroatoms. The van der Waals surface area contributed by atoms with E-state index in [1.807, 2.05) is 0 Å². The van der Waals surface area contributed by atoms with Crippen LogP contribution < -0.4 is 5.32 Å². The quantitative estimate of drug-likeness (QED) is 0.904. The molecule has 1 nitrogen and oxygen atoms in total. The molecule has 0 atom stereocenters. The highest BCUT2D eigenvalue weighted by Crippen LogP contribution is 2.32. The zero-order chi connectivity index (χ0) is 13.1. The Balaban J connectivity index is 1.74. The molecule has 0 amide bonds. The molecule has 1 heterocycles. The van der Waals surface area contributed by atoms with Crippen molar-refractivity contribution in [2.45, 2.75) is 12.8 Å². The van der Waals surface area contributed by atoms with Crippen molar-refractivity contribution in [2.75, 3.05) is 13.1 Å². The van der Waals surface area contributed by atoms with Crippen molar-refractivity contribution in [3.63, 3.8) is 0 Å². The predicted molar refractivity (Wildman–Crippen MR) is 83.3 cm³/mol. The summed E-state index contributed by atoms with van der Waals surface area (Å²) in [4.78, 5) is 0. The van der Waals surface area contributed by atoms with Crippen molar-refractivity contribution >= 4 is 15.9 Å². The summed E-state index contributed by atoms with van der Waals surface area (Å²) in [6.45, 7) is 2.25. The summed E-state index contributed by atoms with van der Waals surface area (Å²) in [7, 11) is 0. The van der Waals surface area contributed by atoms with E-state index in [9.17, 15) is 0 Å². The lowest BCUT2D eigenvalue weighted by molar-refractivity contribution is 0.166. The highest BCUT2D eigenvalue weighted by molar-refractivity contribution is 9.10. The van der Waals surface area contributed by atoms with E-state index < -0.39 is 0 Å². The Kier molecular flexibility index (Phi) is 3.72. The van der Waals surface area contributed by atoms with Crippen molar-refractivity contribution < 1.29 is 0 Å². The minimum absolute atomic E-state index is 0.398. The molecule has 1 saturated heterocycles. The second-order valence-corrected chi connectivity index (χ2v) is 6.48. The summed E-state index contributed by atoms with van der Waals surface area (Å²) in [5, 5.41) is 3.44. The van der Waals surface area contributed by atoms with Crippen molar-refractivity contribution in [1.82, 2.24) is 5.32 Å². The van der Waals surface area contributed by atoms with E-state index in [4.69, 9.17) is 0 Å². The van der Waals surface area contributed by atoms with Gasteiger partial charge in [-0.25, -0.2) is 0 Å². The van der Waals surface area contributed by atoms with Crippen molar-refractivity contribution in [2.24, 2.45) is 5.41 Å². The van der Waals surface area contributed by atoms with Crippen LogP contribution in [0.25, 0.3) is 0 Å². The lowest BCUT2D eigenvalue weighted by Gasteiger charge is -2.43. The molecule has 0 saturated carbocycles. The van der Waals surface area contributed by atoms with Crippen LogP contribution in [0.2, 0.25) is 0 Å². The monoisotopic (exact) mass is 315 g/mol. The smallest absolute Gasteiger partial charge is 0.0175 e. The van der Waals surface area contributed by atoms with Gasteiger partial charge in [0.25, 0.3) is 0 Å². The number of hydrogen-bond acceptors (Lipinski definition) is 1. The Hall–Kier alpha value is -1.12. The Labute approximate surface area is 123 Å². The average Bonchev–Trinajstić information content (AvgIpc) is 2.40. The van der Waals surface area contributed by atoms with Gasteiger partial charge >= 0.3 is 0 Å². The summed E-state index contributed by atoms with van der Waals surface area (Å²) in [6.07, 6.45) is 2.32. The van der Waals surface area contributed by atoms with E-state index in [2.05, 4.69) is 75.8 Å². The molecule has 19 heavy (non-hydrogen) atoms. The van der Waals surface area contributed by atoms with Gasteiger partial charge in [0.05, 0.1) is 0 Å². The Bertz CT molecular complexity index is 529. The molecule has 3 rings (SSSR count). The largest absolute Gasteiger partial charge is 0.315 e. The molecule has 0 aliphatic carbocycles. The van der Waals surface area contributed by atoms with Gasteiger partial charge in [0.2, 0.25) is 0 Å². The van der Waals surface area contributed by atoms with E-state index >= 15 is 0 Å². The molecule has 0 bridgehead atoms. The van der Waals surface area contributed by atoms with Crippen LogP contribution in [0.15, 0.2) is 59.1 Å². The number of benzene rings is 2. The van der Waals surface area contributed by atoms with Gasteiger partial charge in [-0.15, -0.1) is 0 Å². The zero-order valence-electron chi connectivity index (χ0n) is 10.9. The lowest BCUT2D eigenvalue weighted by atomic mass is 9.72. The third kappa shape index (κ3) is 3.07. The third-order valence-electron chi connectivity index (χ3n) is 3.91. The van der Waals surface area contributed by atoms with Crippen LogP contribution in [-0.2, 0) is 12.8 Å². The summed E-state index contributed by atoms with van der Waals surface area (Å²) >= 11 is 3.50. The van der Waals surface area contributed by atoms with Crippen LogP contribution in [0.1, 0.15) is 11.1 Å². The molecule has 0 spiro atoms. The van der Waals surface area contributed by atoms with Gasteiger partial charge in [0.1, 0.15) is 0 Å². The summed E-state index contributed by atoms with van der Waals surface area (Å²) in [5.41, 5.74) is 3.27. The predicted octanol–water partition coefficient (Wildman–Crippen LogP) is 3.82. The zero-order valence-corrected chi connectivity index (χ0v) is 12.5. The summed E-state index contributed by atoms with van der Waals surface area (Å²) < 4.78 is 1.15. The van der Waals surface area contributed by atoms with Gasteiger partial charge in [-0.3, -0.25) is 0 Å². The van der Waals surface area contributed by atoms with Gasteiger partial charge in [0, 0.05) is 23.0 Å². The second-order valence-electron chi connectivity index (χ2n) is 5.57. The van der Waals surface area contributed by atoms with Gasteiger partial charge in [-0.2, -0.15) is 0 Å². The van der Waals surface area contributed by atoms with E-state index in [0.29, 0.717) is 5.41 Å². The van der Waals surface area contributed by atoms with Crippen molar-refractivity contribution in [3.05, 3.63) is 70.2 Å². The fourth-order valence-electron chi connectivity index (χ4n) is 2.86. The standard InChI is InChI=1S/C17H18BrN/c18-16-8-6-15(7-9-16)11-17(12-19-13-17)10-14-4-2-1-3-5-14/h1-9,19H,10-13H2. The van der Waals surface area contributed by atoms with E-state index in [1.165, 1.54) is 11.1 Å². The number of halogens is 1. The normalized spacial score (nSPS) is 16.9. The van der Waals surface area contributed by atoms with Crippen molar-refractivity contribution in [1.29, 1.82) is 0 Å². The molecule has 1 N–H and O–H groups in total. The molecule has 2 aromatic carbocycles. The maximum absolute atomic E-state index is 3.50. The molecule has 1 aliphatic heterocycles. The third-order valence-corrected chi connectivity index (χ3v) is 4.44. The fourth-order valence-corrected chi connectivity index (χ4v) is 3.12. The maximum atomic E-state index is 3.50. The Morgan fingerprint density at radius 3 is 1.95 bits per heavy atom. The molecule has 98 valence electrons. The van der Waals surface area contributed by atoms with Crippen LogP contribution in [0.3, 0.4) is 0 Å². The molecular formula is C17H18BrN. The van der Waals surface area contributed by atoms with Gasteiger partial charge in [0.15, 0.2) is 0 Å². The second kappa shape index (κ2) is 5.48. The summed E-state index contributed by atoms with van der Waals surface area (Å²) in [6, 6.07) is 19.6. The average molecular weight is 316 g/mol. The van der Waals surface area contributed by atoms with E-state index in [0.717, 1.165) is 30.4 Å². The first-order valence-electron chi connectivity index (χ1n) is 6.75. The molecule has 1 aliphatic rings. The minimum Gasteiger partial charge on any atom is -0.315 e. The SMILES string of the molecule is Brc1ccc(CC2(Cc3ccccc3)CNC2)cc1. The minimum atomic E-state index is 0.398. The Morgan fingerprint density at radius 1 is 0.842 bits per heavy atom. The first-order chi connectivity index (χ1) is 9.26. The highest BCUT2D eigenvalue weighted by Gasteiger charge is 2.36. The first-order valence-corrected chi connectivity index (χ1v) is 7.54. The topological polar surface area (TPSA) is 12.0 Å². The van der Waals surface area contributed by atoms with Crippen molar-refractivity contribution in [3.8, 4) is 0 Å². The first kappa shape index (κ1) is 12.9. The van der Waals surface area contributed by atoms with Crippen LogP contribution in [0, 0.1) is 5.41 Å². The van der Waals surface area contributed by atoms with Crippen LogP contribution in [0.5, 0.6) is 0 Å². The van der Waals surface area contributed by atoms with Crippen LogP contribution in [-0.4, -0.2) is 13.1 Å².